The Kier molecular flexibility index (Phi) is 7.13. The monoisotopic (exact) mass is 453 g/mol. The number of aromatic nitrogens is 2. The molecule has 1 unspecified atom stereocenters. The molecule has 0 fully saturated rings. The minimum absolute atomic E-state index is 0.527. The van der Waals surface area contributed by atoms with Gasteiger partial charge in [0.1, 0.15) is 18.1 Å². The Morgan fingerprint density at radius 1 is 1.06 bits per heavy atom. The molecule has 2 bridgehead atoms. The number of H-pyrrole nitrogens is 2. The van der Waals surface area contributed by atoms with E-state index < -0.39 is 0 Å². The second kappa shape index (κ2) is 10.8. The maximum absolute atomic E-state index is 6.31. The van der Waals surface area contributed by atoms with Gasteiger partial charge in [-0.15, -0.1) is 0 Å². The fraction of sp³-hybridized carbons (Fsp3) is 0.367. The smallest absolute Gasteiger partial charge is 0.147 e. The molecule has 1 atom stereocenters. The lowest BCUT2D eigenvalue weighted by Crippen LogP contribution is -2.01. The van der Waals surface area contributed by atoms with Crippen LogP contribution >= 0.6 is 0 Å². The quantitative estimate of drug-likeness (QED) is 0.379. The molecule has 5 rings (SSSR count). The number of nitrogens with one attached hydrogen (secondary N) is 2. The Labute approximate surface area is 202 Å². The predicted molar refractivity (Wildman–Crippen MR) is 140 cm³/mol. The Morgan fingerprint density at radius 2 is 1.94 bits per heavy atom. The van der Waals surface area contributed by atoms with Gasteiger partial charge in [0.05, 0.1) is 11.4 Å². The number of aryl methyl sites for hydroxylation is 1. The van der Waals surface area contributed by atoms with Crippen molar-refractivity contribution in [3.8, 4) is 0 Å². The molecule has 1 aliphatic heterocycles. The van der Waals surface area contributed by atoms with Crippen molar-refractivity contribution in [2.24, 2.45) is 4.99 Å². The van der Waals surface area contributed by atoms with Crippen LogP contribution in [0, 0.1) is 0 Å². The van der Waals surface area contributed by atoms with Crippen LogP contribution in [0.4, 0.5) is 0 Å². The number of rotatable bonds is 7. The average Bonchev–Trinajstić information content (AvgIpc) is 3.60. The van der Waals surface area contributed by atoms with Crippen LogP contribution in [0.1, 0.15) is 86.0 Å². The number of hydrogen-bond donors (Lipinski definition) is 2. The summed E-state index contributed by atoms with van der Waals surface area (Å²) in [5.41, 5.74) is 7.98. The first-order valence-corrected chi connectivity index (χ1v) is 12.8. The molecule has 0 saturated heterocycles. The molecule has 176 valence electrons. The van der Waals surface area contributed by atoms with Crippen molar-refractivity contribution in [2.45, 2.75) is 70.8 Å². The Bertz CT molecular complexity index is 1170. The van der Waals surface area contributed by atoms with Gasteiger partial charge < -0.3 is 14.7 Å². The van der Waals surface area contributed by atoms with E-state index >= 15 is 0 Å². The van der Waals surface area contributed by atoms with Crippen LogP contribution in [0.15, 0.2) is 77.3 Å². The van der Waals surface area contributed by atoms with Crippen LogP contribution in [-0.2, 0) is 17.8 Å². The highest BCUT2D eigenvalue weighted by Gasteiger charge is 2.22. The molecule has 2 aliphatic rings. The molecule has 1 aromatic carbocycles. The van der Waals surface area contributed by atoms with Crippen LogP contribution in [0.5, 0.6) is 0 Å². The van der Waals surface area contributed by atoms with Crippen molar-refractivity contribution < 1.29 is 4.74 Å². The molecule has 2 N–H and O–H groups in total. The Balaban J connectivity index is 1.49. The van der Waals surface area contributed by atoms with Gasteiger partial charge in [-0.25, -0.2) is 4.99 Å². The lowest BCUT2D eigenvalue weighted by Gasteiger charge is -2.17. The zero-order valence-electron chi connectivity index (χ0n) is 20.1. The van der Waals surface area contributed by atoms with Crippen molar-refractivity contribution in [3.63, 3.8) is 0 Å². The normalized spacial score (nSPS) is 19.7. The molecule has 4 nitrogen and oxygen atoms in total. The minimum Gasteiger partial charge on any atom is -0.487 e. The van der Waals surface area contributed by atoms with Gasteiger partial charge in [0, 0.05) is 23.7 Å². The molecular formula is C30H35N3O. The Morgan fingerprint density at radius 3 is 2.76 bits per heavy atom. The number of aromatic amines is 2. The van der Waals surface area contributed by atoms with Gasteiger partial charge in [-0.1, -0.05) is 62.9 Å². The van der Waals surface area contributed by atoms with Crippen LogP contribution < -0.4 is 0 Å². The van der Waals surface area contributed by atoms with Crippen LogP contribution in [-0.4, -0.2) is 15.7 Å². The highest BCUT2D eigenvalue weighted by molar-refractivity contribution is 6.11. The summed E-state index contributed by atoms with van der Waals surface area (Å²) in [4.78, 5) is 12.0. The van der Waals surface area contributed by atoms with Crippen LogP contribution in [0.25, 0.3) is 6.08 Å². The number of hydrogen-bond acceptors (Lipinski definition) is 2. The van der Waals surface area contributed by atoms with E-state index in [4.69, 9.17) is 9.73 Å². The minimum atomic E-state index is 0.527. The van der Waals surface area contributed by atoms with Crippen LogP contribution in [0.2, 0.25) is 0 Å². The zero-order valence-corrected chi connectivity index (χ0v) is 20.1. The first kappa shape index (κ1) is 22.5. The SMILES string of the molecule is CCCC1CCCCCCc2cc1c(C=C1N=C(c3ccc[nH]3)C=C1OCc1ccccc1)[nH]2. The van der Waals surface area contributed by atoms with Gasteiger partial charge in [-0.2, -0.15) is 0 Å². The molecule has 34 heavy (non-hydrogen) atoms. The second-order valence-electron chi connectivity index (χ2n) is 9.50. The predicted octanol–water partition coefficient (Wildman–Crippen LogP) is 7.68. The van der Waals surface area contributed by atoms with Gasteiger partial charge in [0.15, 0.2) is 0 Å². The number of aliphatic imine (C=N–C) groups is 1. The van der Waals surface area contributed by atoms with Gasteiger partial charge in [0.25, 0.3) is 0 Å². The maximum Gasteiger partial charge on any atom is 0.147 e. The summed E-state index contributed by atoms with van der Waals surface area (Å²) in [5.74, 6) is 1.43. The first-order chi connectivity index (χ1) is 16.8. The summed E-state index contributed by atoms with van der Waals surface area (Å²) in [6, 6.07) is 16.8. The van der Waals surface area contributed by atoms with E-state index in [1.54, 1.807) is 0 Å². The third-order valence-corrected chi connectivity index (χ3v) is 6.91. The molecule has 3 aromatic rings. The summed E-state index contributed by atoms with van der Waals surface area (Å²) in [6.45, 7) is 2.82. The highest BCUT2D eigenvalue weighted by Crippen LogP contribution is 2.35. The highest BCUT2D eigenvalue weighted by atomic mass is 16.5. The van der Waals surface area contributed by atoms with Crippen molar-refractivity contribution in [2.75, 3.05) is 0 Å². The number of ether oxygens (including phenoxy) is 1. The largest absolute Gasteiger partial charge is 0.487 e. The fourth-order valence-electron chi connectivity index (χ4n) is 5.14. The third kappa shape index (κ3) is 5.27. The van der Waals surface area contributed by atoms with Crippen molar-refractivity contribution in [1.29, 1.82) is 0 Å². The third-order valence-electron chi connectivity index (χ3n) is 6.91. The van der Waals surface area contributed by atoms with E-state index in [1.165, 1.54) is 61.9 Å². The fourth-order valence-corrected chi connectivity index (χ4v) is 5.14. The molecule has 2 aromatic heterocycles. The molecule has 1 aliphatic carbocycles. The first-order valence-electron chi connectivity index (χ1n) is 12.8. The van der Waals surface area contributed by atoms with E-state index in [0.29, 0.717) is 12.5 Å². The van der Waals surface area contributed by atoms with Crippen LogP contribution in [0.3, 0.4) is 0 Å². The molecule has 0 saturated carbocycles. The standard InChI is InChI=1S/C30H35N3O/c1-2-11-23-14-8-3-4-9-15-24-18-25(23)27(32-24)19-29-30(34-21-22-12-6-5-7-13-22)20-28(33-29)26-16-10-17-31-26/h5-7,10,12-13,16-20,23,31-32H,2-4,8-9,11,14-15,21H2,1H3. The molecule has 4 heteroatoms. The second-order valence-corrected chi connectivity index (χ2v) is 9.50. The average molecular weight is 454 g/mol. The van der Waals surface area contributed by atoms with Gasteiger partial charge in [0.2, 0.25) is 0 Å². The Hall–Kier alpha value is -3.27. The summed E-state index contributed by atoms with van der Waals surface area (Å²) in [5, 5.41) is 0. The van der Waals surface area contributed by atoms with Crippen molar-refractivity contribution in [3.05, 3.63) is 100 Å². The lowest BCUT2D eigenvalue weighted by atomic mass is 9.88. The van der Waals surface area contributed by atoms with Gasteiger partial charge >= 0.3 is 0 Å². The molecule has 0 spiro atoms. The maximum atomic E-state index is 6.31. The molecule has 0 amide bonds. The summed E-state index contributed by atoms with van der Waals surface area (Å²) in [7, 11) is 0. The number of nitrogens with zero attached hydrogens (tertiary/aromatic N) is 1. The summed E-state index contributed by atoms with van der Waals surface area (Å²) >= 11 is 0. The molecule has 3 heterocycles. The molecular weight excluding hydrogens is 418 g/mol. The summed E-state index contributed by atoms with van der Waals surface area (Å²) < 4.78 is 6.31. The van der Waals surface area contributed by atoms with Crippen molar-refractivity contribution >= 4 is 11.8 Å². The van der Waals surface area contributed by atoms with Gasteiger partial charge in [-0.3, -0.25) is 0 Å². The summed E-state index contributed by atoms with van der Waals surface area (Å²) in [6.07, 6.45) is 16.3. The number of allylic oxidation sites excluding steroid dienone is 1. The number of fused-ring (bicyclic) bond motifs is 2. The lowest BCUT2D eigenvalue weighted by molar-refractivity contribution is 0.208. The van der Waals surface area contributed by atoms with Gasteiger partial charge in [-0.05, 0) is 67.0 Å². The topological polar surface area (TPSA) is 53.2 Å². The van der Waals surface area contributed by atoms with E-state index in [-0.39, 0.29) is 0 Å². The van der Waals surface area contributed by atoms with E-state index in [2.05, 4.69) is 53.3 Å². The van der Waals surface area contributed by atoms with E-state index in [9.17, 15) is 0 Å². The van der Waals surface area contributed by atoms with Crippen molar-refractivity contribution in [1.82, 2.24) is 9.97 Å². The van der Waals surface area contributed by atoms with E-state index in [1.807, 2.05) is 30.5 Å². The number of benzene rings is 1. The zero-order chi connectivity index (χ0) is 23.2. The van der Waals surface area contributed by atoms with E-state index in [0.717, 1.165) is 34.8 Å². The molecule has 0 radical (unpaired) electrons.